The Kier molecular flexibility index (Phi) is 5.98. The van der Waals surface area contributed by atoms with Crippen LogP contribution in [0.5, 0.6) is 0 Å². The molecule has 1 aromatic carbocycles. The molecule has 2 rings (SSSR count). The van der Waals surface area contributed by atoms with Gasteiger partial charge in [-0.3, -0.25) is 4.79 Å². The molecular weight excluding hydrogens is 355 g/mol. The van der Waals surface area contributed by atoms with Crippen molar-refractivity contribution in [2.45, 2.75) is 18.8 Å². The van der Waals surface area contributed by atoms with Gasteiger partial charge in [0.2, 0.25) is 11.7 Å². The van der Waals surface area contributed by atoms with Crippen molar-refractivity contribution in [2.24, 2.45) is 0 Å². The Morgan fingerprint density at radius 1 is 1.38 bits per heavy atom. The van der Waals surface area contributed by atoms with Crippen LogP contribution in [0, 0.1) is 0 Å². The maximum absolute atomic E-state index is 13.2. The van der Waals surface area contributed by atoms with Crippen LogP contribution in [0.3, 0.4) is 0 Å². The summed E-state index contributed by atoms with van der Waals surface area (Å²) in [5, 5.41) is 11.2. The molecule has 7 nitrogen and oxygen atoms in total. The van der Waals surface area contributed by atoms with E-state index in [4.69, 9.17) is 9.84 Å². The van der Waals surface area contributed by atoms with Crippen molar-refractivity contribution >= 4 is 22.9 Å². The number of imidazole rings is 1. The maximum Gasteiger partial charge on any atom is 0.449 e. The number of alkyl halides is 3. The lowest BCUT2D eigenvalue weighted by atomic mass is 10.3. The highest BCUT2D eigenvalue weighted by Crippen LogP contribution is 2.31. The van der Waals surface area contributed by atoms with Gasteiger partial charge in [0.1, 0.15) is 6.54 Å². The molecule has 0 fully saturated rings. The van der Waals surface area contributed by atoms with Gasteiger partial charge in [-0.25, -0.2) is 9.78 Å². The second-order valence-electron chi connectivity index (χ2n) is 5.29. The van der Waals surface area contributed by atoms with Crippen LogP contribution in [0.1, 0.15) is 5.82 Å². The standard InChI is InChI=1S/C16H16F3N3O4/c1-2-7-26-9-11(14(24)25)20-13(23)8-22-12-6-4-3-5-10(12)21-15(22)16(17,18)19/h2-6,11H,1,7-9H2,(H,20,23)(H,24,25). The van der Waals surface area contributed by atoms with E-state index in [1.54, 1.807) is 0 Å². The topological polar surface area (TPSA) is 93.5 Å². The Hall–Kier alpha value is -2.88. The molecule has 0 aliphatic heterocycles. The molecule has 0 bridgehead atoms. The van der Waals surface area contributed by atoms with E-state index in [2.05, 4.69) is 16.9 Å². The van der Waals surface area contributed by atoms with E-state index in [9.17, 15) is 22.8 Å². The molecule has 2 aromatic rings. The van der Waals surface area contributed by atoms with Crippen molar-refractivity contribution < 1.29 is 32.6 Å². The number of aliphatic carboxylic acids is 1. The van der Waals surface area contributed by atoms with Crippen molar-refractivity contribution in [3.05, 3.63) is 42.7 Å². The minimum absolute atomic E-state index is 0.0734. The Morgan fingerprint density at radius 3 is 2.69 bits per heavy atom. The molecule has 1 amide bonds. The third kappa shape index (κ3) is 4.60. The van der Waals surface area contributed by atoms with Gasteiger partial charge in [-0.05, 0) is 12.1 Å². The first-order valence-corrected chi connectivity index (χ1v) is 7.47. The van der Waals surface area contributed by atoms with E-state index in [1.807, 2.05) is 0 Å². The first-order valence-electron chi connectivity index (χ1n) is 7.47. The smallest absolute Gasteiger partial charge is 0.449 e. The Balaban J connectivity index is 2.22. The zero-order chi connectivity index (χ0) is 19.3. The summed E-state index contributed by atoms with van der Waals surface area (Å²) in [6.45, 7) is 2.39. The van der Waals surface area contributed by atoms with E-state index in [-0.39, 0.29) is 24.2 Å². The number of benzene rings is 1. The molecule has 140 valence electrons. The number of nitrogens with zero attached hydrogens (tertiary/aromatic N) is 2. The summed E-state index contributed by atoms with van der Waals surface area (Å²) >= 11 is 0. The molecule has 1 aromatic heterocycles. The van der Waals surface area contributed by atoms with Gasteiger partial charge < -0.3 is 19.7 Å². The van der Waals surface area contributed by atoms with Crippen LogP contribution in [0.25, 0.3) is 11.0 Å². The highest BCUT2D eigenvalue weighted by Gasteiger charge is 2.38. The summed E-state index contributed by atoms with van der Waals surface area (Å²) in [4.78, 5) is 26.8. The number of halogens is 3. The number of hydrogen-bond donors (Lipinski definition) is 2. The molecule has 10 heteroatoms. The van der Waals surface area contributed by atoms with Crippen LogP contribution in [0.2, 0.25) is 0 Å². The number of para-hydroxylation sites is 2. The molecule has 1 unspecified atom stereocenters. The molecule has 26 heavy (non-hydrogen) atoms. The Bertz CT molecular complexity index is 817. The summed E-state index contributed by atoms with van der Waals surface area (Å²) in [7, 11) is 0. The van der Waals surface area contributed by atoms with Crippen LogP contribution in [-0.2, 0) is 27.0 Å². The largest absolute Gasteiger partial charge is 0.480 e. The van der Waals surface area contributed by atoms with Gasteiger partial charge in [-0.1, -0.05) is 18.2 Å². The fourth-order valence-electron chi connectivity index (χ4n) is 2.28. The summed E-state index contributed by atoms with van der Waals surface area (Å²) in [5.74, 6) is -3.51. The molecule has 1 heterocycles. The molecule has 2 N–H and O–H groups in total. The molecular formula is C16H16F3N3O4. The Labute approximate surface area is 146 Å². The lowest BCUT2D eigenvalue weighted by molar-refractivity contribution is -0.148. The van der Waals surface area contributed by atoms with Gasteiger partial charge in [0.05, 0.1) is 24.2 Å². The van der Waals surface area contributed by atoms with Crippen molar-refractivity contribution in [1.82, 2.24) is 14.9 Å². The number of carboxylic acids is 1. The normalized spacial score (nSPS) is 12.7. The van der Waals surface area contributed by atoms with Gasteiger partial charge in [0.15, 0.2) is 6.04 Å². The molecule has 0 spiro atoms. The van der Waals surface area contributed by atoms with E-state index >= 15 is 0 Å². The number of fused-ring (bicyclic) bond motifs is 1. The van der Waals surface area contributed by atoms with Crippen LogP contribution < -0.4 is 5.32 Å². The van der Waals surface area contributed by atoms with Gasteiger partial charge >= 0.3 is 12.1 Å². The zero-order valence-corrected chi connectivity index (χ0v) is 13.5. The minimum atomic E-state index is -4.77. The zero-order valence-electron chi connectivity index (χ0n) is 13.5. The van der Waals surface area contributed by atoms with Gasteiger partial charge in [0, 0.05) is 0 Å². The molecule has 0 aliphatic rings. The molecule has 0 saturated heterocycles. The van der Waals surface area contributed by atoms with Crippen LogP contribution in [-0.4, -0.2) is 45.8 Å². The van der Waals surface area contributed by atoms with Crippen molar-refractivity contribution in [3.8, 4) is 0 Å². The molecule has 0 aliphatic carbocycles. The second-order valence-corrected chi connectivity index (χ2v) is 5.29. The number of amides is 1. The number of hydrogen-bond acceptors (Lipinski definition) is 4. The minimum Gasteiger partial charge on any atom is -0.480 e. The third-order valence-electron chi connectivity index (χ3n) is 3.36. The summed E-state index contributed by atoms with van der Waals surface area (Å²) in [6.07, 6.45) is -3.37. The number of carbonyl (C=O) groups excluding carboxylic acids is 1. The van der Waals surface area contributed by atoms with Crippen molar-refractivity contribution in [2.75, 3.05) is 13.2 Å². The predicted octanol–water partition coefficient (Wildman–Crippen LogP) is 1.83. The first-order chi connectivity index (χ1) is 12.2. The van der Waals surface area contributed by atoms with E-state index in [0.717, 1.165) is 0 Å². The summed E-state index contributed by atoms with van der Waals surface area (Å²) in [6, 6.07) is 4.43. The number of aromatic nitrogens is 2. The van der Waals surface area contributed by atoms with Gasteiger partial charge in [-0.2, -0.15) is 13.2 Å². The lowest BCUT2D eigenvalue weighted by Gasteiger charge is -2.16. The highest BCUT2D eigenvalue weighted by molar-refractivity contribution is 5.85. The first kappa shape index (κ1) is 19.4. The van der Waals surface area contributed by atoms with Crippen molar-refractivity contribution in [3.63, 3.8) is 0 Å². The quantitative estimate of drug-likeness (QED) is 0.545. The lowest BCUT2D eigenvalue weighted by Crippen LogP contribution is -2.45. The summed E-state index contributed by atoms with van der Waals surface area (Å²) in [5.41, 5.74) is 0.196. The maximum atomic E-state index is 13.2. The number of nitrogens with one attached hydrogen (secondary N) is 1. The van der Waals surface area contributed by atoms with Crippen LogP contribution >= 0.6 is 0 Å². The Morgan fingerprint density at radius 2 is 2.08 bits per heavy atom. The SMILES string of the molecule is C=CCOCC(NC(=O)Cn1c(C(F)(F)F)nc2ccccc21)C(=O)O. The molecule has 1 atom stereocenters. The fourth-order valence-corrected chi connectivity index (χ4v) is 2.28. The number of rotatable bonds is 8. The van der Waals surface area contributed by atoms with Gasteiger partial charge in [-0.15, -0.1) is 6.58 Å². The van der Waals surface area contributed by atoms with Gasteiger partial charge in [0.25, 0.3) is 0 Å². The molecule has 0 radical (unpaired) electrons. The van der Waals surface area contributed by atoms with E-state index < -0.39 is 36.5 Å². The van der Waals surface area contributed by atoms with Crippen LogP contribution in [0.4, 0.5) is 13.2 Å². The summed E-state index contributed by atoms with van der Waals surface area (Å²) < 4.78 is 45.3. The average Bonchev–Trinajstić information content (AvgIpc) is 2.93. The average molecular weight is 371 g/mol. The third-order valence-corrected chi connectivity index (χ3v) is 3.36. The van der Waals surface area contributed by atoms with E-state index in [1.165, 1.54) is 30.3 Å². The number of carbonyl (C=O) groups is 2. The van der Waals surface area contributed by atoms with Crippen LogP contribution in [0.15, 0.2) is 36.9 Å². The molecule has 0 saturated carbocycles. The monoisotopic (exact) mass is 371 g/mol. The fraction of sp³-hybridized carbons (Fsp3) is 0.312. The second kappa shape index (κ2) is 8.00. The number of ether oxygens (including phenoxy) is 1. The van der Waals surface area contributed by atoms with Crippen molar-refractivity contribution in [1.29, 1.82) is 0 Å². The predicted molar refractivity (Wildman–Crippen MR) is 85.3 cm³/mol. The highest BCUT2D eigenvalue weighted by atomic mass is 19.4. The van der Waals surface area contributed by atoms with E-state index in [0.29, 0.717) is 4.57 Å². The number of carboxylic acid groups (broad SMARTS) is 1.